The van der Waals surface area contributed by atoms with Crippen molar-refractivity contribution in [1.29, 1.82) is 0 Å². The van der Waals surface area contributed by atoms with Gasteiger partial charge in [-0.05, 0) is 31.4 Å². The first kappa shape index (κ1) is 13.5. The Morgan fingerprint density at radius 1 is 1.42 bits per heavy atom. The Hall–Kier alpha value is -1.88. The SMILES string of the molecule is CSc1ccccc1NCc1cc(C)c(C(=O)O)o1. The minimum Gasteiger partial charge on any atom is -0.475 e. The van der Waals surface area contributed by atoms with E-state index in [0.29, 0.717) is 17.9 Å². The molecule has 100 valence electrons. The van der Waals surface area contributed by atoms with Crippen LogP contribution < -0.4 is 5.32 Å². The molecule has 0 aliphatic carbocycles. The average molecular weight is 277 g/mol. The van der Waals surface area contributed by atoms with Gasteiger partial charge < -0.3 is 14.8 Å². The number of benzene rings is 1. The maximum absolute atomic E-state index is 10.9. The molecule has 0 amide bonds. The van der Waals surface area contributed by atoms with Crippen LogP contribution in [0.3, 0.4) is 0 Å². The smallest absolute Gasteiger partial charge is 0.372 e. The van der Waals surface area contributed by atoms with Crippen molar-refractivity contribution in [2.24, 2.45) is 0 Å². The van der Waals surface area contributed by atoms with Crippen LogP contribution in [0, 0.1) is 6.92 Å². The highest BCUT2D eigenvalue weighted by molar-refractivity contribution is 7.98. The van der Waals surface area contributed by atoms with Crippen LogP contribution in [0.4, 0.5) is 5.69 Å². The molecule has 0 aliphatic heterocycles. The molecule has 2 aromatic rings. The molecule has 0 atom stereocenters. The lowest BCUT2D eigenvalue weighted by atomic mass is 10.2. The van der Waals surface area contributed by atoms with Gasteiger partial charge in [-0.25, -0.2) is 4.79 Å². The summed E-state index contributed by atoms with van der Waals surface area (Å²) in [7, 11) is 0. The fourth-order valence-corrected chi connectivity index (χ4v) is 2.40. The summed E-state index contributed by atoms with van der Waals surface area (Å²) >= 11 is 1.66. The summed E-state index contributed by atoms with van der Waals surface area (Å²) in [6.45, 7) is 2.19. The van der Waals surface area contributed by atoms with E-state index in [9.17, 15) is 4.79 Å². The topological polar surface area (TPSA) is 62.5 Å². The fraction of sp³-hybridized carbons (Fsp3) is 0.214. The number of carboxylic acids is 1. The van der Waals surface area contributed by atoms with Gasteiger partial charge in [0.05, 0.1) is 6.54 Å². The van der Waals surface area contributed by atoms with E-state index in [1.807, 2.05) is 30.5 Å². The molecule has 0 spiro atoms. The number of para-hydroxylation sites is 1. The number of anilines is 1. The molecule has 19 heavy (non-hydrogen) atoms. The summed E-state index contributed by atoms with van der Waals surface area (Å²) in [6.07, 6.45) is 2.01. The van der Waals surface area contributed by atoms with Gasteiger partial charge in [-0.15, -0.1) is 11.8 Å². The first-order valence-corrected chi connectivity index (χ1v) is 7.03. The van der Waals surface area contributed by atoms with Crippen LogP contribution in [0.25, 0.3) is 0 Å². The van der Waals surface area contributed by atoms with E-state index in [0.717, 1.165) is 10.6 Å². The molecule has 0 saturated heterocycles. The second-order valence-corrected chi connectivity index (χ2v) is 4.93. The molecule has 1 aromatic heterocycles. The Morgan fingerprint density at radius 3 is 2.79 bits per heavy atom. The summed E-state index contributed by atoms with van der Waals surface area (Å²) in [4.78, 5) is 12.0. The van der Waals surface area contributed by atoms with Crippen LogP contribution in [0.2, 0.25) is 0 Å². The molecule has 1 aromatic carbocycles. The summed E-state index contributed by atoms with van der Waals surface area (Å²) in [5.41, 5.74) is 1.66. The lowest BCUT2D eigenvalue weighted by Crippen LogP contribution is -1.99. The van der Waals surface area contributed by atoms with Gasteiger partial charge in [0, 0.05) is 16.1 Å². The number of rotatable bonds is 5. The van der Waals surface area contributed by atoms with E-state index in [-0.39, 0.29) is 5.76 Å². The number of carboxylic acid groups (broad SMARTS) is 1. The van der Waals surface area contributed by atoms with Crippen molar-refractivity contribution >= 4 is 23.4 Å². The number of nitrogens with one attached hydrogen (secondary N) is 1. The first-order chi connectivity index (χ1) is 9.11. The minimum atomic E-state index is -1.03. The molecule has 0 radical (unpaired) electrons. The third kappa shape index (κ3) is 3.12. The molecule has 0 unspecified atom stereocenters. The van der Waals surface area contributed by atoms with Gasteiger partial charge in [-0.2, -0.15) is 0 Å². The number of aromatic carboxylic acids is 1. The Kier molecular flexibility index (Phi) is 4.16. The Labute approximate surface area is 115 Å². The van der Waals surface area contributed by atoms with Crippen LogP contribution in [-0.2, 0) is 6.54 Å². The maximum Gasteiger partial charge on any atom is 0.372 e. The van der Waals surface area contributed by atoms with Crippen LogP contribution in [0.15, 0.2) is 39.6 Å². The molecule has 0 aliphatic rings. The van der Waals surface area contributed by atoms with Crippen LogP contribution in [-0.4, -0.2) is 17.3 Å². The van der Waals surface area contributed by atoms with Crippen molar-refractivity contribution in [3.63, 3.8) is 0 Å². The lowest BCUT2D eigenvalue weighted by Gasteiger charge is -2.08. The summed E-state index contributed by atoms with van der Waals surface area (Å²) < 4.78 is 5.30. The minimum absolute atomic E-state index is 0.00921. The highest BCUT2D eigenvalue weighted by Crippen LogP contribution is 2.25. The van der Waals surface area contributed by atoms with Crippen molar-refractivity contribution in [2.75, 3.05) is 11.6 Å². The molecule has 1 heterocycles. The number of hydrogen-bond donors (Lipinski definition) is 2. The molecular formula is C14H15NO3S. The van der Waals surface area contributed by atoms with E-state index in [4.69, 9.17) is 9.52 Å². The third-order valence-corrected chi connectivity index (χ3v) is 3.52. The fourth-order valence-electron chi connectivity index (χ4n) is 1.82. The van der Waals surface area contributed by atoms with Crippen molar-refractivity contribution < 1.29 is 14.3 Å². The van der Waals surface area contributed by atoms with E-state index in [1.165, 1.54) is 0 Å². The van der Waals surface area contributed by atoms with Crippen molar-refractivity contribution in [3.05, 3.63) is 47.4 Å². The first-order valence-electron chi connectivity index (χ1n) is 5.81. The predicted molar refractivity (Wildman–Crippen MR) is 76.0 cm³/mol. The molecule has 0 saturated carbocycles. The number of hydrogen-bond acceptors (Lipinski definition) is 4. The molecule has 2 N–H and O–H groups in total. The van der Waals surface area contributed by atoms with Crippen LogP contribution in [0.5, 0.6) is 0 Å². The van der Waals surface area contributed by atoms with Gasteiger partial charge >= 0.3 is 5.97 Å². The van der Waals surface area contributed by atoms with Gasteiger partial charge in [-0.1, -0.05) is 12.1 Å². The molecule has 0 bridgehead atoms. The van der Waals surface area contributed by atoms with Crippen molar-refractivity contribution in [2.45, 2.75) is 18.4 Å². The number of aryl methyl sites for hydroxylation is 1. The average Bonchev–Trinajstić information content (AvgIpc) is 2.78. The molecule has 2 rings (SSSR count). The number of furan rings is 1. The zero-order valence-corrected chi connectivity index (χ0v) is 11.6. The lowest BCUT2D eigenvalue weighted by molar-refractivity contribution is 0.0659. The summed E-state index contributed by atoms with van der Waals surface area (Å²) in [5, 5.41) is 12.2. The zero-order chi connectivity index (χ0) is 13.8. The quantitative estimate of drug-likeness (QED) is 0.817. The highest BCUT2D eigenvalue weighted by atomic mass is 32.2. The van der Waals surface area contributed by atoms with E-state index < -0.39 is 5.97 Å². The van der Waals surface area contributed by atoms with Gasteiger partial charge in [-0.3, -0.25) is 0 Å². The van der Waals surface area contributed by atoms with Crippen LogP contribution in [0.1, 0.15) is 21.9 Å². The van der Waals surface area contributed by atoms with Crippen LogP contribution >= 0.6 is 11.8 Å². The Balaban J connectivity index is 2.10. The maximum atomic E-state index is 10.9. The molecule has 0 fully saturated rings. The van der Waals surface area contributed by atoms with Gasteiger partial charge in [0.15, 0.2) is 0 Å². The molecule has 5 heteroatoms. The van der Waals surface area contributed by atoms with E-state index in [2.05, 4.69) is 5.32 Å². The third-order valence-electron chi connectivity index (χ3n) is 2.72. The molecule has 4 nitrogen and oxygen atoms in total. The van der Waals surface area contributed by atoms with Crippen molar-refractivity contribution in [1.82, 2.24) is 0 Å². The molecular weight excluding hydrogens is 262 g/mol. The summed E-state index contributed by atoms with van der Waals surface area (Å²) in [6, 6.07) is 9.70. The van der Waals surface area contributed by atoms with E-state index in [1.54, 1.807) is 24.8 Å². The zero-order valence-electron chi connectivity index (χ0n) is 10.8. The second-order valence-electron chi connectivity index (χ2n) is 4.08. The highest BCUT2D eigenvalue weighted by Gasteiger charge is 2.14. The standard InChI is InChI=1S/C14H15NO3S/c1-9-7-10(18-13(9)14(16)17)8-15-11-5-3-4-6-12(11)19-2/h3-7,15H,8H2,1-2H3,(H,16,17). The normalized spacial score (nSPS) is 10.4. The predicted octanol–water partition coefficient (Wildman–Crippen LogP) is 3.62. The van der Waals surface area contributed by atoms with E-state index >= 15 is 0 Å². The second kappa shape index (κ2) is 5.84. The Morgan fingerprint density at radius 2 is 2.16 bits per heavy atom. The Bertz CT molecular complexity index is 592. The van der Waals surface area contributed by atoms with Gasteiger partial charge in [0.2, 0.25) is 5.76 Å². The number of thioether (sulfide) groups is 1. The summed E-state index contributed by atoms with van der Waals surface area (Å²) in [5.74, 6) is -0.408. The van der Waals surface area contributed by atoms with Gasteiger partial charge in [0.25, 0.3) is 0 Å². The largest absolute Gasteiger partial charge is 0.475 e. The van der Waals surface area contributed by atoms with Crippen molar-refractivity contribution in [3.8, 4) is 0 Å². The van der Waals surface area contributed by atoms with Gasteiger partial charge in [0.1, 0.15) is 5.76 Å². The number of carbonyl (C=O) groups is 1. The monoisotopic (exact) mass is 277 g/mol.